The minimum Gasteiger partial charge on any atom is -0.448 e. The molecule has 0 spiro atoms. The zero-order valence-electron chi connectivity index (χ0n) is 16.7. The number of cyclic esters (lactones) is 1. The summed E-state index contributed by atoms with van der Waals surface area (Å²) >= 11 is 0. The van der Waals surface area contributed by atoms with Gasteiger partial charge in [0.2, 0.25) is 5.95 Å². The molecule has 2 unspecified atom stereocenters. The van der Waals surface area contributed by atoms with Crippen LogP contribution >= 0.6 is 0 Å². The van der Waals surface area contributed by atoms with E-state index in [9.17, 15) is 4.79 Å². The maximum absolute atomic E-state index is 12.0. The van der Waals surface area contributed by atoms with E-state index in [0.29, 0.717) is 31.4 Å². The number of carbonyl (C=O) groups is 1. The van der Waals surface area contributed by atoms with Gasteiger partial charge in [-0.15, -0.1) is 0 Å². The molecule has 10 nitrogen and oxygen atoms in total. The summed E-state index contributed by atoms with van der Waals surface area (Å²) in [5.41, 5.74) is 14.4. The second kappa shape index (κ2) is 7.05. The third-order valence-electron chi connectivity index (χ3n) is 5.81. The third kappa shape index (κ3) is 3.23. The first kappa shape index (κ1) is 18.5. The second-order valence-electron chi connectivity index (χ2n) is 8.05. The van der Waals surface area contributed by atoms with Crippen molar-refractivity contribution in [2.24, 2.45) is 5.92 Å². The number of nitrogen functional groups attached to an aromatic ring is 2. The molecule has 2 aromatic heterocycles. The van der Waals surface area contributed by atoms with Crippen LogP contribution in [0.25, 0.3) is 22.2 Å². The van der Waals surface area contributed by atoms with Gasteiger partial charge in [-0.2, -0.15) is 10.1 Å². The highest BCUT2D eigenvalue weighted by Gasteiger charge is 2.35. The Kier molecular flexibility index (Phi) is 4.34. The molecular formula is C20H24N8O2. The lowest BCUT2D eigenvalue weighted by molar-refractivity contribution is 0.139. The molecule has 5 rings (SSSR count). The van der Waals surface area contributed by atoms with Crippen molar-refractivity contribution in [2.75, 3.05) is 42.6 Å². The number of fused-ring (bicyclic) bond motifs is 1. The second-order valence-corrected chi connectivity index (χ2v) is 8.05. The first-order valence-corrected chi connectivity index (χ1v) is 10.0. The van der Waals surface area contributed by atoms with Crippen molar-refractivity contribution in [1.82, 2.24) is 25.1 Å². The van der Waals surface area contributed by atoms with Crippen molar-refractivity contribution in [3.8, 4) is 11.3 Å². The standard InChI is InChI=1S/C20H24N8O2/c1-11-6-13(28-4-5-30-20(28)29)10-27(9-11)17-8-15(23-19(22)24-17)12-2-3-14-16(7-12)25-26-18(14)21/h2-3,7-8,11,13H,4-6,9-10H2,1H3,(H3,21,25,26)(H2,22,23,24). The van der Waals surface area contributed by atoms with Crippen LogP contribution in [-0.4, -0.2) is 63.4 Å². The Morgan fingerprint density at radius 3 is 2.87 bits per heavy atom. The highest BCUT2D eigenvalue weighted by atomic mass is 16.6. The number of hydrogen-bond donors (Lipinski definition) is 3. The van der Waals surface area contributed by atoms with Crippen LogP contribution in [0.15, 0.2) is 24.3 Å². The quantitative estimate of drug-likeness (QED) is 0.597. The average Bonchev–Trinajstić information content (AvgIpc) is 3.32. The smallest absolute Gasteiger partial charge is 0.410 e. The molecule has 10 heteroatoms. The number of rotatable bonds is 3. The molecule has 5 N–H and O–H groups in total. The van der Waals surface area contributed by atoms with Gasteiger partial charge in [0, 0.05) is 30.1 Å². The van der Waals surface area contributed by atoms with Crippen LogP contribution < -0.4 is 16.4 Å². The minimum atomic E-state index is -0.232. The van der Waals surface area contributed by atoms with Crippen LogP contribution in [0.1, 0.15) is 13.3 Å². The lowest BCUT2D eigenvalue weighted by Crippen LogP contribution is -2.51. The van der Waals surface area contributed by atoms with Crippen molar-refractivity contribution in [3.63, 3.8) is 0 Å². The van der Waals surface area contributed by atoms with Gasteiger partial charge in [-0.1, -0.05) is 13.0 Å². The predicted molar refractivity (Wildman–Crippen MR) is 114 cm³/mol. The molecule has 1 aromatic carbocycles. The number of carbonyl (C=O) groups excluding carboxylic acids is 1. The van der Waals surface area contributed by atoms with E-state index >= 15 is 0 Å². The summed E-state index contributed by atoms with van der Waals surface area (Å²) in [6, 6.07) is 7.84. The summed E-state index contributed by atoms with van der Waals surface area (Å²) in [6.45, 7) is 4.79. The van der Waals surface area contributed by atoms with E-state index in [1.807, 2.05) is 29.2 Å². The number of piperidine rings is 1. The van der Waals surface area contributed by atoms with Crippen LogP contribution in [0.5, 0.6) is 0 Å². The number of anilines is 3. The molecule has 0 radical (unpaired) electrons. The number of nitrogens with one attached hydrogen (secondary N) is 1. The van der Waals surface area contributed by atoms with Crippen molar-refractivity contribution >= 4 is 34.6 Å². The molecule has 4 heterocycles. The Hall–Kier alpha value is -3.56. The lowest BCUT2D eigenvalue weighted by Gasteiger charge is -2.40. The number of aromatic amines is 1. The van der Waals surface area contributed by atoms with E-state index in [1.54, 1.807) is 0 Å². The van der Waals surface area contributed by atoms with Crippen molar-refractivity contribution < 1.29 is 9.53 Å². The normalized spacial score (nSPS) is 22.0. The van der Waals surface area contributed by atoms with Gasteiger partial charge in [0.15, 0.2) is 5.82 Å². The topological polar surface area (TPSA) is 139 Å². The Balaban J connectivity index is 1.46. The highest BCUT2D eigenvalue weighted by molar-refractivity contribution is 5.91. The summed E-state index contributed by atoms with van der Waals surface area (Å²) < 4.78 is 5.13. The van der Waals surface area contributed by atoms with Gasteiger partial charge in [0.1, 0.15) is 12.4 Å². The van der Waals surface area contributed by atoms with Crippen molar-refractivity contribution in [3.05, 3.63) is 24.3 Å². The number of ether oxygens (including phenoxy) is 1. The van der Waals surface area contributed by atoms with E-state index in [2.05, 4.69) is 32.0 Å². The number of aromatic nitrogens is 4. The van der Waals surface area contributed by atoms with E-state index in [-0.39, 0.29) is 18.1 Å². The maximum atomic E-state index is 12.0. The number of H-pyrrole nitrogens is 1. The summed E-state index contributed by atoms with van der Waals surface area (Å²) in [5, 5.41) is 7.84. The fourth-order valence-electron chi connectivity index (χ4n) is 4.43. The molecule has 2 aliphatic heterocycles. The molecule has 30 heavy (non-hydrogen) atoms. The van der Waals surface area contributed by atoms with E-state index < -0.39 is 0 Å². The van der Waals surface area contributed by atoms with E-state index in [0.717, 1.165) is 40.9 Å². The molecular weight excluding hydrogens is 384 g/mol. The molecule has 0 saturated carbocycles. The van der Waals surface area contributed by atoms with Gasteiger partial charge in [-0.05, 0) is 24.5 Å². The predicted octanol–water partition coefficient (Wildman–Crippen LogP) is 1.85. The van der Waals surface area contributed by atoms with Gasteiger partial charge >= 0.3 is 6.09 Å². The number of nitrogens with zero attached hydrogens (tertiary/aromatic N) is 5. The molecule has 0 aliphatic carbocycles. The molecule has 2 saturated heterocycles. The first-order chi connectivity index (χ1) is 14.5. The summed E-state index contributed by atoms with van der Waals surface area (Å²) in [7, 11) is 0. The fraction of sp³-hybridized carbons (Fsp3) is 0.400. The van der Waals surface area contributed by atoms with E-state index in [4.69, 9.17) is 16.2 Å². The van der Waals surface area contributed by atoms with Crippen LogP contribution in [0.3, 0.4) is 0 Å². The average molecular weight is 408 g/mol. The maximum Gasteiger partial charge on any atom is 0.410 e. The Morgan fingerprint density at radius 1 is 1.20 bits per heavy atom. The summed E-state index contributed by atoms with van der Waals surface area (Å²) in [6.07, 6.45) is 0.709. The van der Waals surface area contributed by atoms with Gasteiger partial charge in [0.25, 0.3) is 0 Å². The summed E-state index contributed by atoms with van der Waals surface area (Å²) in [4.78, 5) is 25.0. The van der Waals surface area contributed by atoms with Crippen LogP contribution in [0.4, 0.5) is 22.4 Å². The third-order valence-corrected chi connectivity index (χ3v) is 5.81. The van der Waals surface area contributed by atoms with E-state index in [1.165, 1.54) is 0 Å². The lowest BCUT2D eigenvalue weighted by atomic mass is 9.95. The number of amides is 1. The molecule has 1 amide bonds. The minimum absolute atomic E-state index is 0.0905. The van der Waals surface area contributed by atoms with Crippen LogP contribution in [0, 0.1) is 5.92 Å². The highest BCUT2D eigenvalue weighted by Crippen LogP contribution is 2.30. The zero-order chi connectivity index (χ0) is 20.8. The van der Waals surface area contributed by atoms with Crippen molar-refractivity contribution in [2.45, 2.75) is 19.4 Å². The van der Waals surface area contributed by atoms with Crippen LogP contribution in [-0.2, 0) is 4.74 Å². The summed E-state index contributed by atoms with van der Waals surface area (Å²) in [5.74, 6) is 1.84. The Morgan fingerprint density at radius 2 is 2.07 bits per heavy atom. The van der Waals surface area contributed by atoms with Crippen molar-refractivity contribution in [1.29, 1.82) is 0 Å². The molecule has 0 bridgehead atoms. The molecule has 2 aliphatic rings. The monoisotopic (exact) mass is 408 g/mol. The molecule has 2 atom stereocenters. The molecule has 156 valence electrons. The Bertz CT molecular complexity index is 1110. The number of benzene rings is 1. The number of hydrogen-bond acceptors (Lipinski definition) is 8. The molecule has 3 aromatic rings. The van der Waals surface area contributed by atoms with Gasteiger partial charge < -0.3 is 26.0 Å². The van der Waals surface area contributed by atoms with Crippen LogP contribution in [0.2, 0.25) is 0 Å². The number of nitrogens with two attached hydrogens (primary N) is 2. The fourth-order valence-corrected chi connectivity index (χ4v) is 4.43. The molecule has 2 fully saturated rings. The van der Waals surface area contributed by atoms with Gasteiger partial charge in [-0.3, -0.25) is 5.10 Å². The SMILES string of the molecule is CC1CC(N2CCOC2=O)CN(c2cc(-c3ccc4c(N)n[nH]c4c3)nc(N)n2)C1. The largest absolute Gasteiger partial charge is 0.448 e. The zero-order valence-corrected chi connectivity index (χ0v) is 16.7. The Labute approximate surface area is 173 Å². The van der Waals surface area contributed by atoms with Gasteiger partial charge in [-0.25, -0.2) is 9.78 Å². The first-order valence-electron chi connectivity index (χ1n) is 10.0. The van der Waals surface area contributed by atoms with Gasteiger partial charge in [0.05, 0.1) is 23.8 Å².